The molecule has 12 aromatic rings. The summed E-state index contributed by atoms with van der Waals surface area (Å²) in [4.78, 5) is 14.8. The molecule has 0 aliphatic carbocycles. The third-order valence-electron chi connectivity index (χ3n) is 10.1. The molecule has 0 aliphatic rings. The standard InChI is InChI=1S/C57H36N4S/c1-4-17-37(18-5-1)40-31-33-51-48(35-40)49-36-41(38-19-6-2-7-20-38)32-34-52(49)61(51)50-29-14-12-26-46(50)56-58-55(45-25-11-10-23-42(45)39-21-8-3-9-22-39)59-57(60-56)47-28-16-27-44-43-24-13-15-30-53(43)62-54(44)47/h1-36H/i1D,2D,3D,4D,5D,6D,7D,8D,9D,10D,11D,17D,18D,19D,20D,21D,22D,23D,25D,31D,32D,33D,34D,35D,36D. The molecule has 9 aromatic carbocycles. The summed E-state index contributed by atoms with van der Waals surface area (Å²) >= 11 is 1.37. The third kappa shape index (κ3) is 6.09. The smallest absolute Gasteiger partial charge is 0.166 e. The summed E-state index contributed by atoms with van der Waals surface area (Å²) in [5.41, 5.74) is -5.16. The van der Waals surface area contributed by atoms with Gasteiger partial charge in [-0.15, -0.1) is 11.3 Å². The van der Waals surface area contributed by atoms with Gasteiger partial charge in [0.2, 0.25) is 0 Å². The Bertz CT molecular complexity index is 4910. The average Bonchev–Trinajstić information content (AvgIpc) is 1.66. The van der Waals surface area contributed by atoms with E-state index >= 15 is 0 Å². The molecule has 0 radical (unpaired) electrons. The van der Waals surface area contributed by atoms with Crippen LogP contribution in [-0.4, -0.2) is 19.5 Å². The highest BCUT2D eigenvalue weighted by atomic mass is 32.1. The van der Waals surface area contributed by atoms with Crippen LogP contribution in [0.5, 0.6) is 0 Å². The normalized spacial score (nSPS) is 17.2. The number of hydrogen-bond donors (Lipinski definition) is 0. The SMILES string of the molecule is [2H]c1c([2H])c([2H])c(-c2c([2H])c([2H])c([2H])c([2H])c2-c2nc(-c3ccccc3-n3c4c([2H])c([2H])c(-c5c([2H])c([2H])c([2H])c([2H])c5[2H])c([2H])c4c4c([2H])c(-c5c([2H])c([2H])c([2H])c([2H])c5[2H])c([2H])c([2H])c43)nc(-c3cccc4c3sc3ccccc34)n2)c([2H])c1[2H]. The zero-order chi connectivity index (χ0) is 62.7. The van der Waals surface area contributed by atoms with Crippen LogP contribution in [0.15, 0.2) is 218 Å². The predicted molar refractivity (Wildman–Crippen MR) is 260 cm³/mol. The molecule has 0 amide bonds. The molecule has 62 heavy (non-hydrogen) atoms. The van der Waals surface area contributed by atoms with E-state index in [1.807, 2.05) is 30.3 Å². The van der Waals surface area contributed by atoms with Crippen LogP contribution in [0.1, 0.15) is 34.3 Å². The van der Waals surface area contributed by atoms with Crippen molar-refractivity contribution in [3.05, 3.63) is 218 Å². The number of para-hydroxylation sites is 1. The first kappa shape index (κ1) is 18.7. The lowest BCUT2D eigenvalue weighted by Gasteiger charge is -2.16. The summed E-state index contributed by atoms with van der Waals surface area (Å²) in [5, 5.41) is 0.659. The van der Waals surface area contributed by atoms with Crippen LogP contribution in [0.3, 0.4) is 0 Å². The summed E-state index contributed by atoms with van der Waals surface area (Å²) < 4.78 is 228. The van der Waals surface area contributed by atoms with Gasteiger partial charge in [0.25, 0.3) is 0 Å². The molecule has 290 valence electrons. The molecule has 0 aliphatic heterocycles. The number of fused-ring (bicyclic) bond motifs is 6. The molecule has 0 N–H and O–H groups in total. The fraction of sp³-hybridized carbons (Fsp3) is 0. The van der Waals surface area contributed by atoms with Gasteiger partial charge in [-0.3, -0.25) is 0 Å². The van der Waals surface area contributed by atoms with Gasteiger partial charge in [-0.25, -0.2) is 15.0 Å². The van der Waals surface area contributed by atoms with Crippen molar-refractivity contribution in [1.82, 2.24) is 19.5 Å². The van der Waals surface area contributed by atoms with E-state index in [9.17, 15) is 11.0 Å². The Hall–Kier alpha value is -7.99. The molecule has 3 aromatic heterocycles. The van der Waals surface area contributed by atoms with Crippen molar-refractivity contribution in [1.29, 1.82) is 0 Å². The summed E-state index contributed by atoms with van der Waals surface area (Å²) in [6.45, 7) is 0. The first-order valence-corrected chi connectivity index (χ1v) is 19.6. The lowest BCUT2D eigenvalue weighted by Crippen LogP contribution is -2.04. The fourth-order valence-electron chi connectivity index (χ4n) is 7.40. The van der Waals surface area contributed by atoms with E-state index in [1.165, 1.54) is 35.6 Å². The molecule has 3 heterocycles. The Morgan fingerprint density at radius 1 is 0.371 bits per heavy atom. The van der Waals surface area contributed by atoms with Gasteiger partial charge < -0.3 is 4.57 Å². The molecule has 0 bridgehead atoms. The van der Waals surface area contributed by atoms with Gasteiger partial charge in [-0.1, -0.05) is 169 Å². The Labute approximate surface area is 397 Å². The first-order chi connectivity index (χ1) is 41.1. The lowest BCUT2D eigenvalue weighted by atomic mass is 9.99. The van der Waals surface area contributed by atoms with Crippen molar-refractivity contribution in [3.63, 3.8) is 0 Å². The van der Waals surface area contributed by atoms with E-state index < -0.39 is 218 Å². The van der Waals surface area contributed by atoms with Crippen molar-refractivity contribution in [2.24, 2.45) is 0 Å². The number of thiophene rings is 1. The van der Waals surface area contributed by atoms with Gasteiger partial charge in [0.15, 0.2) is 17.5 Å². The van der Waals surface area contributed by atoms with E-state index in [-0.39, 0.29) is 22.9 Å². The van der Waals surface area contributed by atoms with Gasteiger partial charge in [0.1, 0.15) is 0 Å². The van der Waals surface area contributed by atoms with Gasteiger partial charge in [-0.05, 0) is 81.8 Å². The van der Waals surface area contributed by atoms with Crippen LogP contribution in [0.4, 0.5) is 0 Å². The number of hydrogen-bond acceptors (Lipinski definition) is 4. The maximum atomic E-state index is 9.98. The molecular weight excluding hydrogens is 773 g/mol. The topological polar surface area (TPSA) is 43.6 Å². The molecule has 0 unspecified atom stereocenters. The van der Waals surface area contributed by atoms with Crippen LogP contribution in [0.25, 0.3) is 115 Å². The molecule has 0 atom stereocenters. The minimum atomic E-state index is -0.873. The van der Waals surface area contributed by atoms with E-state index in [2.05, 4.69) is 0 Å². The number of rotatable bonds is 7. The molecule has 4 nitrogen and oxygen atoms in total. The Morgan fingerprint density at radius 2 is 0.871 bits per heavy atom. The van der Waals surface area contributed by atoms with Crippen molar-refractivity contribution in [3.8, 4) is 73.2 Å². The maximum absolute atomic E-state index is 9.98. The van der Waals surface area contributed by atoms with Crippen LogP contribution in [0, 0.1) is 0 Å². The Balaban J connectivity index is 1.26. The second-order valence-electron chi connectivity index (χ2n) is 13.6. The predicted octanol–water partition coefficient (Wildman–Crippen LogP) is 15.3. The van der Waals surface area contributed by atoms with E-state index in [4.69, 9.17) is 38.3 Å². The zero-order valence-electron chi connectivity index (χ0n) is 56.5. The molecule has 5 heteroatoms. The second-order valence-corrected chi connectivity index (χ2v) is 14.7. The summed E-state index contributed by atoms with van der Waals surface area (Å²) in [5.74, 6) is -0.991. The minimum Gasteiger partial charge on any atom is -0.309 e. The fourth-order valence-corrected chi connectivity index (χ4v) is 8.61. The summed E-state index contributed by atoms with van der Waals surface area (Å²) in [6, 6.07) is -2.13. The molecule has 12 rings (SSSR count). The van der Waals surface area contributed by atoms with Crippen molar-refractivity contribution >= 4 is 53.3 Å². The van der Waals surface area contributed by atoms with Crippen molar-refractivity contribution in [2.75, 3.05) is 0 Å². The number of aromatic nitrogens is 4. The molecule has 0 spiro atoms. The number of nitrogens with zero attached hydrogens (tertiary/aromatic N) is 4. The van der Waals surface area contributed by atoms with Crippen molar-refractivity contribution < 1.29 is 34.3 Å². The quantitative estimate of drug-likeness (QED) is 0.161. The minimum absolute atomic E-state index is 0.0748. The maximum Gasteiger partial charge on any atom is 0.166 e. The van der Waals surface area contributed by atoms with Crippen LogP contribution >= 0.6 is 11.3 Å². The zero-order valence-corrected chi connectivity index (χ0v) is 32.4. The van der Waals surface area contributed by atoms with E-state index in [0.717, 1.165) is 20.0 Å². The van der Waals surface area contributed by atoms with Gasteiger partial charge in [-0.2, -0.15) is 0 Å². The van der Waals surface area contributed by atoms with E-state index in [1.54, 1.807) is 12.1 Å². The van der Waals surface area contributed by atoms with Gasteiger partial charge in [0, 0.05) is 47.6 Å². The van der Waals surface area contributed by atoms with E-state index in [0.29, 0.717) is 10.3 Å². The molecule has 0 saturated heterocycles. The van der Waals surface area contributed by atoms with Crippen LogP contribution in [-0.2, 0) is 0 Å². The van der Waals surface area contributed by atoms with Crippen LogP contribution < -0.4 is 0 Å². The number of benzene rings is 9. The Morgan fingerprint density at radius 3 is 1.53 bits per heavy atom. The highest BCUT2D eigenvalue weighted by Crippen LogP contribution is 2.42. The monoisotopic (exact) mass is 833 g/mol. The largest absolute Gasteiger partial charge is 0.309 e. The van der Waals surface area contributed by atoms with Crippen LogP contribution in [0.2, 0.25) is 0 Å². The highest BCUT2D eigenvalue weighted by molar-refractivity contribution is 7.26. The lowest BCUT2D eigenvalue weighted by molar-refractivity contribution is 1.07. The van der Waals surface area contributed by atoms with Crippen molar-refractivity contribution in [2.45, 2.75) is 0 Å². The molecular formula is C57H36N4S. The summed E-state index contributed by atoms with van der Waals surface area (Å²) in [6.07, 6.45) is 0. The summed E-state index contributed by atoms with van der Waals surface area (Å²) in [7, 11) is 0. The highest BCUT2D eigenvalue weighted by Gasteiger charge is 2.22. The third-order valence-corrected chi connectivity index (χ3v) is 11.3. The average molecular weight is 834 g/mol. The molecule has 0 fully saturated rings. The van der Waals surface area contributed by atoms with Gasteiger partial charge in [0.05, 0.1) is 51.0 Å². The second kappa shape index (κ2) is 14.9. The first-order valence-electron chi connectivity index (χ1n) is 31.3. The van der Waals surface area contributed by atoms with Gasteiger partial charge >= 0.3 is 0 Å². The Kier molecular flexibility index (Phi) is 4.51. The molecule has 0 saturated carbocycles.